The molecule has 9 nitrogen and oxygen atoms in total. The van der Waals surface area contributed by atoms with Crippen molar-refractivity contribution in [1.29, 1.82) is 5.26 Å². The van der Waals surface area contributed by atoms with Crippen molar-refractivity contribution in [3.8, 4) is 6.07 Å². The molecule has 1 aliphatic heterocycles. The number of nitrogens with one attached hydrogen (secondary N) is 1. The summed E-state index contributed by atoms with van der Waals surface area (Å²) in [5.41, 5.74) is 3.90. The van der Waals surface area contributed by atoms with Crippen LogP contribution in [0.3, 0.4) is 0 Å². The number of nitriles is 1. The van der Waals surface area contributed by atoms with Crippen molar-refractivity contribution in [1.82, 2.24) is 15.2 Å². The Labute approximate surface area is 205 Å². The number of allylic oxidation sites excluding steroid dienone is 2. The molecule has 2 aromatic rings. The van der Waals surface area contributed by atoms with Gasteiger partial charge in [0.2, 0.25) is 0 Å². The molecule has 2 amide bonds. The van der Waals surface area contributed by atoms with E-state index in [0.717, 1.165) is 28.9 Å². The van der Waals surface area contributed by atoms with Gasteiger partial charge in [0.1, 0.15) is 11.8 Å². The molecule has 0 saturated carbocycles. The maximum absolute atomic E-state index is 12.7. The van der Waals surface area contributed by atoms with Crippen LogP contribution >= 0.6 is 0 Å². The zero-order valence-corrected chi connectivity index (χ0v) is 20.2. The summed E-state index contributed by atoms with van der Waals surface area (Å²) in [6, 6.07) is 12.7. The van der Waals surface area contributed by atoms with Gasteiger partial charge in [0.05, 0.1) is 18.3 Å². The number of hydrogen-bond donors (Lipinski definition) is 3. The maximum Gasteiger partial charge on any atom is 0.255 e. The standard InChI is InChI=1S/C26H31N5O4/c1-4-6-21(15-27)30(3)20-10-8-18(9-11-20)17(2)29-25(34)23(32)24(33)26(35)31-14-12-19-7-5-13-28-22(19)16-31/h5-11,13,17,23-24,32-33H,4,12,14,16H2,1-3H3,(H,29,34)/b21-6-/t17?,23-,24?/m1/s1. The van der Waals surface area contributed by atoms with Crippen LogP contribution in [0, 0.1) is 11.3 Å². The molecule has 2 unspecified atom stereocenters. The molecule has 2 heterocycles. The van der Waals surface area contributed by atoms with Crippen LogP contribution in [-0.4, -0.2) is 57.7 Å². The second kappa shape index (κ2) is 11.6. The molecule has 0 saturated heterocycles. The van der Waals surface area contributed by atoms with Crippen LogP contribution in [0.15, 0.2) is 54.4 Å². The fourth-order valence-electron chi connectivity index (χ4n) is 3.97. The summed E-state index contributed by atoms with van der Waals surface area (Å²) in [6.45, 7) is 4.29. The molecule has 1 aliphatic rings. The first-order valence-corrected chi connectivity index (χ1v) is 11.6. The number of aliphatic hydroxyl groups is 2. The Morgan fingerprint density at radius 1 is 1.26 bits per heavy atom. The summed E-state index contributed by atoms with van der Waals surface area (Å²) in [4.78, 5) is 32.7. The van der Waals surface area contributed by atoms with Crippen LogP contribution in [0.2, 0.25) is 0 Å². The largest absolute Gasteiger partial charge is 0.380 e. The third-order valence-electron chi connectivity index (χ3n) is 6.12. The second-order valence-corrected chi connectivity index (χ2v) is 8.50. The highest BCUT2D eigenvalue weighted by Crippen LogP contribution is 2.22. The molecular weight excluding hydrogens is 446 g/mol. The highest BCUT2D eigenvalue weighted by atomic mass is 16.3. The van der Waals surface area contributed by atoms with Crippen molar-refractivity contribution < 1.29 is 19.8 Å². The number of amides is 2. The van der Waals surface area contributed by atoms with E-state index in [0.29, 0.717) is 18.7 Å². The van der Waals surface area contributed by atoms with Crippen molar-refractivity contribution in [2.45, 2.75) is 51.5 Å². The van der Waals surface area contributed by atoms with Gasteiger partial charge in [0.15, 0.2) is 12.2 Å². The van der Waals surface area contributed by atoms with Gasteiger partial charge >= 0.3 is 0 Å². The van der Waals surface area contributed by atoms with Gasteiger partial charge < -0.3 is 25.3 Å². The summed E-state index contributed by atoms with van der Waals surface area (Å²) in [5, 5.41) is 32.7. The molecular formula is C26H31N5O4. The quantitative estimate of drug-likeness (QED) is 0.495. The smallest absolute Gasteiger partial charge is 0.255 e. The van der Waals surface area contributed by atoms with E-state index < -0.39 is 30.1 Å². The molecule has 0 spiro atoms. The molecule has 3 atom stereocenters. The highest BCUT2D eigenvalue weighted by Gasteiger charge is 2.35. The first-order valence-electron chi connectivity index (χ1n) is 11.6. The first kappa shape index (κ1) is 25.9. The lowest BCUT2D eigenvalue weighted by Crippen LogP contribution is -2.52. The Morgan fingerprint density at radius 3 is 2.63 bits per heavy atom. The predicted molar refractivity (Wildman–Crippen MR) is 131 cm³/mol. The van der Waals surface area contributed by atoms with Gasteiger partial charge in [-0.3, -0.25) is 14.6 Å². The average Bonchev–Trinajstić information content (AvgIpc) is 2.89. The Hall–Kier alpha value is -3.74. The molecule has 1 aromatic heterocycles. The van der Waals surface area contributed by atoms with Crippen LogP contribution in [0.4, 0.5) is 5.69 Å². The lowest BCUT2D eigenvalue weighted by atomic mass is 10.0. The van der Waals surface area contributed by atoms with Crippen molar-refractivity contribution in [3.63, 3.8) is 0 Å². The average molecular weight is 478 g/mol. The Balaban J connectivity index is 1.59. The number of aromatic nitrogens is 1. The minimum absolute atomic E-state index is 0.221. The van der Waals surface area contributed by atoms with Crippen LogP contribution in [-0.2, 0) is 22.6 Å². The van der Waals surface area contributed by atoms with Gasteiger partial charge in [-0.1, -0.05) is 31.2 Å². The Kier molecular flexibility index (Phi) is 8.58. The molecule has 9 heteroatoms. The molecule has 0 radical (unpaired) electrons. The SMILES string of the molecule is CC/C=C(/C#N)N(C)c1ccc(C(C)NC(=O)[C@H](O)C(O)C(=O)N2CCc3cccnc3C2)cc1. The summed E-state index contributed by atoms with van der Waals surface area (Å²) < 4.78 is 0. The Morgan fingerprint density at radius 2 is 1.97 bits per heavy atom. The fraction of sp³-hybridized carbons (Fsp3) is 0.385. The van der Waals surface area contributed by atoms with E-state index >= 15 is 0 Å². The minimum Gasteiger partial charge on any atom is -0.380 e. The summed E-state index contributed by atoms with van der Waals surface area (Å²) >= 11 is 0. The topological polar surface area (TPSA) is 130 Å². The summed E-state index contributed by atoms with van der Waals surface area (Å²) in [6.07, 6.45) is 1.03. The van der Waals surface area contributed by atoms with Gasteiger partial charge in [-0.2, -0.15) is 5.26 Å². The number of rotatable bonds is 8. The van der Waals surface area contributed by atoms with E-state index in [1.165, 1.54) is 4.90 Å². The number of nitrogens with zero attached hydrogens (tertiary/aromatic N) is 4. The lowest BCUT2D eigenvalue weighted by Gasteiger charge is -2.30. The fourth-order valence-corrected chi connectivity index (χ4v) is 3.97. The van der Waals surface area contributed by atoms with Crippen LogP contribution < -0.4 is 10.2 Å². The molecule has 0 bridgehead atoms. The van der Waals surface area contributed by atoms with Gasteiger partial charge in [0.25, 0.3) is 11.8 Å². The van der Waals surface area contributed by atoms with Crippen LogP contribution in [0.1, 0.15) is 43.1 Å². The van der Waals surface area contributed by atoms with Crippen molar-refractivity contribution in [3.05, 3.63) is 71.2 Å². The van der Waals surface area contributed by atoms with Crippen molar-refractivity contribution >= 4 is 17.5 Å². The zero-order chi connectivity index (χ0) is 25.5. The number of carbonyl (C=O) groups is 2. The molecule has 0 aliphatic carbocycles. The van der Waals surface area contributed by atoms with Crippen LogP contribution in [0.5, 0.6) is 0 Å². The van der Waals surface area contributed by atoms with E-state index in [9.17, 15) is 25.1 Å². The third kappa shape index (κ3) is 6.04. The number of pyridine rings is 1. The molecule has 184 valence electrons. The Bertz CT molecular complexity index is 1130. The van der Waals surface area contributed by atoms with E-state index in [-0.39, 0.29) is 6.54 Å². The monoisotopic (exact) mass is 477 g/mol. The van der Waals surface area contributed by atoms with Crippen LogP contribution in [0.25, 0.3) is 0 Å². The summed E-state index contributed by atoms with van der Waals surface area (Å²) in [7, 11) is 1.80. The number of aliphatic hydroxyl groups excluding tert-OH is 2. The molecule has 35 heavy (non-hydrogen) atoms. The number of hydrogen-bond acceptors (Lipinski definition) is 7. The number of fused-ring (bicyclic) bond motifs is 1. The van der Waals surface area contributed by atoms with E-state index in [1.807, 2.05) is 49.4 Å². The van der Waals surface area contributed by atoms with Gasteiger partial charge in [-0.05, 0) is 49.1 Å². The number of benzene rings is 1. The number of anilines is 1. The third-order valence-corrected chi connectivity index (χ3v) is 6.12. The van der Waals surface area contributed by atoms with E-state index in [4.69, 9.17) is 0 Å². The number of carbonyl (C=O) groups excluding carboxylic acids is 2. The van der Waals surface area contributed by atoms with Crippen molar-refractivity contribution in [2.24, 2.45) is 0 Å². The molecule has 3 rings (SSSR count). The first-order chi connectivity index (χ1) is 16.8. The van der Waals surface area contributed by atoms with Gasteiger partial charge in [-0.25, -0.2) is 0 Å². The highest BCUT2D eigenvalue weighted by molar-refractivity contribution is 5.91. The molecule has 1 aromatic carbocycles. The summed E-state index contributed by atoms with van der Waals surface area (Å²) in [5.74, 6) is -1.55. The normalized spacial score (nSPS) is 15.9. The van der Waals surface area contributed by atoms with Crippen molar-refractivity contribution in [2.75, 3.05) is 18.5 Å². The molecule has 0 fully saturated rings. The van der Waals surface area contributed by atoms with Gasteiger partial charge in [0, 0.05) is 25.5 Å². The maximum atomic E-state index is 12.7. The second-order valence-electron chi connectivity index (χ2n) is 8.50. The zero-order valence-electron chi connectivity index (χ0n) is 20.2. The van der Waals surface area contributed by atoms with E-state index in [2.05, 4.69) is 16.4 Å². The van der Waals surface area contributed by atoms with Gasteiger partial charge in [-0.15, -0.1) is 0 Å². The lowest BCUT2D eigenvalue weighted by molar-refractivity contribution is -0.154. The van der Waals surface area contributed by atoms with E-state index in [1.54, 1.807) is 25.1 Å². The molecule has 3 N–H and O–H groups in total. The minimum atomic E-state index is -1.90. The predicted octanol–water partition coefficient (Wildman–Crippen LogP) is 1.82.